The van der Waals surface area contributed by atoms with Gasteiger partial charge in [-0.05, 0) is 37.8 Å². The van der Waals surface area contributed by atoms with Crippen molar-refractivity contribution < 1.29 is 9.90 Å². The van der Waals surface area contributed by atoms with E-state index in [1.165, 1.54) is 11.3 Å². The molecule has 0 bridgehead atoms. The lowest BCUT2D eigenvalue weighted by atomic mass is 9.86. The molecule has 1 amide bonds. The van der Waals surface area contributed by atoms with E-state index in [1.807, 2.05) is 23.4 Å². The first-order valence-corrected chi connectivity index (χ1v) is 8.27. The van der Waals surface area contributed by atoms with Crippen LogP contribution in [0.15, 0.2) is 18.5 Å². The maximum Gasteiger partial charge on any atom is 0.225 e. The quantitative estimate of drug-likeness (QED) is 0.901. The number of pyridine rings is 1. The average molecular weight is 303 g/mol. The van der Waals surface area contributed by atoms with Gasteiger partial charge in [0.25, 0.3) is 0 Å². The first-order chi connectivity index (χ1) is 10.6. The van der Waals surface area contributed by atoms with Crippen LogP contribution >= 0.6 is 0 Å². The third kappa shape index (κ3) is 3.24. The third-order valence-corrected chi connectivity index (χ3v) is 4.92. The van der Waals surface area contributed by atoms with Crippen LogP contribution in [0.1, 0.15) is 31.2 Å². The van der Waals surface area contributed by atoms with E-state index in [0.717, 1.165) is 45.4 Å². The Balaban J connectivity index is 1.57. The number of hydrogen-bond donors (Lipinski definition) is 1. The van der Waals surface area contributed by atoms with Gasteiger partial charge in [-0.3, -0.25) is 9.78 Å². The highest BCUT2D eigenvalue weighted by atomic mass is 16.3. The number of anilines is 1. The predicted octanol–water partition coefficient (Wildman–Crippen LogP) is 1.59. The van der Waals surface area contributed by atoms with Crippen LogP contribution in [0, 0.1) is 12.8 Å². The van der Waals surface area contributed by atoms with Crippen molar-refractivity contribution in [3.05, 3.63) is 24.0 Å². The molecule has 5 heteroatoms. The van der Waals surface area contributed by atoms with Crippen LogP contribution in [-0.2, 0) is 4.79 Å². The van der Waals surface area contributed by atoms with Gasteiger partial charge in [-0.2, -0.15) is 0 Å². The summed E-state index contributed by atoms with van der Waals surface area (Å²) in [5.41, 5.74) is 2.40. The fourth-order valence-corrected chi connectivity index (χ4v) is 3.64. The standard InChI is InChI=1S/C17H25N3O2/c1-13-12-18-6-5-16(13)19-7-9-20(10-8-19)17(22)14-3-2-4-15(21)11-14/h5-6,12,14-15,21H,2-4,7-11H2,1H3/t14-,15+/m0/s1. The Hall–Kier alpha value is -1.62. The summed E-state index contributed by atoms with van der Waals surface area (Å²) in [6, 6.07) is 2.05. The van der Waals surface area contributed by atoms with E-state index in [9.17, 15) is 9.90 Å². The zero-order valence-corrected chi connectivity index (χ0v) is 13.2. The molecule has 1 aromatic rings. The predicted molar refractivity (Wildman–Crippen MR) is 85.7 cm³/mol. The van der Waals surface area contributed by atoms with E-state index in [-0.39, 0.29) is 17.9 Å². The fourth-order valence-electron chi connectivity index (χ4n) is 3.64. The molecule has 0 radical (unpaired) electrons. The van der Waals surface area contributed by atoms with Crippen molar-refractivity contribution in [2.24, 2.45) is 5.92 Å². The molecule has 1 saturated carbocycles. The SMILES string of the molecule is Cc1cnccc1N1CCN(C(=O)[C@H]2CCC[C@@H](O)C2)CC1. The number of amides is 1. The number of aryl methyl sites for hydroxylation is 1. The Morgan fingerprint density at radius 3 is 2.73 bits per heavy atom. The second-order valence-corrected chi connectivity index (χ2v) is 6.49. The second-order valence-electron chi connectivity index (χ2n) is 6.49. The second kappa shape index (κ2) is 6.65. The molecule has 0 unspecified atom stereocenters. The monoisotopic (exact) mass is 303 g/mol. The first-order valence-electron chi connectivity index (χ1n) is 8.27. The highest BCUT2D eigenvalue weighted by Gasteiger charge is 2.31. The molecule has 22 heavy (non-hydrogen) atoms. The van der Waals surface area contributed by atoms with Gasteiger partial charge in [0, 0.05) is 50.2 Å². The lowest BCUT2D eigenvalue weighted by Gasteiger charge is -2.39. The Kier molecular flexibility index (Phi) is 4.62. The number of aliphatic hydroxyl groups is 1. The molecule has 2 aliphatic rings. The highest BCUT2D eigenvalue weighted by Crippen LogP contribution is 2.27. The minimum absolute atomic E-state index is 0.0259. The van der Waals surface area contributed by atoms with Crippen molar-refractivity contribution in [2.75, 3.05) is 31.1 Å². The van der Waals surface area contributed by atoms with E-state index in [0.29, 0.717) is 6.42 Å². The summed E-state index contributed by atoms with van der Waals surface area (Å²) < 4.78 is 0. The molecule has 1 aliphatic carbocycles. The van der Waals surface area contributed by atoms with Crippen molar-refractivity contribution in [3.8, 4) is 0 Å². The smallest absolute Gasteiger partial charge is 0.225 e. The number of carbonyl (C=O) groups excluding carboxylic acids is 1. The molecule has 1 aliphatic heterocycles. The minimum Gasteiger partial charge on any atom is -0.393 e. The van der Waals surface area contributed by atoms with Gasteiger partial charge in [-0.15, -0.1) is 0 Å². The molecule has 2 fully saturated rings. The maximum atomic E-state index is 12.6. The number of piperazine rings is 1. The number of aliphatic hydroxyl groups excluding tert-OH is 1. The fraction of sp³-hybridized carbons (Fsp3) is 0.647. The van der Waals surface area contributed by atoms with Crippen LogP contribution in [0.3, 0.4) is 0 Å². The van der Waals surface area contributed by atoms with Crippen LogP contribution in [0.5, 0.6) is 0 Å². The Morgan fingerprint density at radius 1 is 1.27 bits per heavy atom. The van der Waals surface area contributed by atoms with Gasteiger partial charge >= 0.3 is 0 Å². The van der Waals surface area contributed by atoms with Crippen LogP contribution in [-0.4, -0.2) is 53.2 Å². The highest BCUT2D eigenvalue weighted by molar-refractivity contribution is 5.79. The van der Waals surface area contributed by atoms with Crippen LogP contribution in [0.25, 0.3) is 0 Å². The molecule has 3 rings (SSSR count). The third-order valence-electron chi connectivity index (χ3n) is 4.92. The number of nitrogens with zero attached hydrogens (tertiary/aromatic N) is 3. The van der Waals surface area contributed by atoms with E-state index in [1.54, 1.807) is 0 Å². The van der Waals surface area contributed by atoms with Crippen molar-refractivity contribution >= 4 is 11.6 Å². The van der Waals surface area contributed by atoms with Gasteiger partial charge in [-0.1, -0.05) is 6.42 Å². The summed E-state index contributed by atoms with van der Waals surface area (Å²) in [6.45, 7) is 5.35. The van der Waals surface area contributed by atoms with Gasteiger partial charge < -0.3 is 14.9 Å². The number of rotatable bonds is 2. The van der Waals surface area contributed by atoms with Crippen LogP contribution < -0.4 is 4.90 Å². The van der Waals surface area contributed by atoms with Gasteiger partial charge in [-0.25, -0.2) is 0 Å². The summed E-state index contributed by atoms with van der Waals surface area (Å²) in [6.07, 6.45) is 6.80. The largest absolute Gasteiger partial charge is 0.393 e. The molecule has 1 saturated heterocycles. The lowest BCUT2D eigenvalue weighted by Crippen LogP contribution is -2.51. The first kappa shape index (κ1) is 15.3. The van der Waals surface area contributed by atoms with Crippen molar-refractivity contribution in [1.29, 1.82) is 0 Å². The summed E-state index contributed by atoms with van der Waals surface area (Å²) in [5, 5.41) is 9.76. The summed E-state index contributed by atoms with van der Waals surface area (Å²) >= 11 is 0. The molecular weight excluding hydrogens is 278 g/mol. The van der Waals surface area contributed by atoms with Gasteiger partial charge in [0.2, 0.25) is 5.91 Å². The van der Waals surface area contributed by atoms with Crippen molar-refractivity contribution in [3.63, 3.8) is 0 Å². The number of aromatic nitrogens is 1. The lowest BCUT2D eigenvalue weighted by molar-refractivity contribution is -0.138. The van der Waals surface area contributed by atoms with E-state index < -0.39 is 0 Å². The van der Waals surface area contributed by atoms with Gasteiger partial charge in [0.05, 0.1) is 6.10 Å². The minimum atomic E-state index is -0.288. The number of carbonyl (C=O) groups is 1. The molecule has 1 aromatic heterocycles. The van der Waals surface area contributed by atoms with Gasteiger partial charge in [0.1, 0.15) is 0 Å². The molecule has 0 aromatic carbocycles. The van der Waals surface area contributed by atoms with E-state index >= 15 is 0 Å². The van der Waals surface area contributed by atoms with Gasteiger partial charge in [0.15, 0.2) is 0 Å². The van der Waals surface area contributed by atoms with Crippen molar-refractivity contribution in [2.45, 2.75) is 38.7 Å². The molecule has 0 spiro atoms. The Morgan fingerprint density at radius 2 is 2.05 bits per heavy atom. The Labute approximate surface area is 131 Å². The zero-order chi connectivity index (χ0) is 15.5. The molecule has 5 nitrogen and oxygen atoms in total. The summed E-state index contributed by atoms with van der Waals surface area (Å²) in [4.78, 5) is 21.0. The topological polar surface area (TPSA) is 56.7 Å². The maximum absolute atomic E-state index is 12.6. The Bertz CT molecular complexity index is 526. The molecular formula is C17H25N3O2. The zero-order valence-electron chi connectivity index (χ0n) is 13.2. The molecule has 1 N–H and O–H groups in total. The summed E-state index contributed by atoms with van der Waals surface area (Å²) in [7, 11) is 0. The van der Waals surface area contributed by atoms with Crippen LogP contribution in [0.4, 0.5) is 5.69 Å². The molecule has 2 heterocycles. The molecule has 120 valence electrons. The summed E-state index contributed by atoms with van der Waals surface area (Å²) in [5.74, 6) is 0.266. The average Bonchev–Trinajstić information content (AvgIpc) is 2.55. The van der Waals surface area contributed by atoms with E-state index in [2.05, 4.69) is 16.8 Å². The van der Waals surface area contributed by atoms with E-state index in [4.69, 9.17) is 0 Å². The molecule has 2 atom stereocenters. The number of hydrogen-bond acceptors (Lipinski definition) is 4. The van der Waals surface area contributed by atoms with Crippen LogP contribution in [0.2, 0.25) is 0 Å². The normalized spacial score (nSPS) is 26.1. The van der Waals surface area contributed by atoms with Crippen molar-refractivity contribution in [1.82, 2.24) is 9.88 Å².